The van der Waals surface area contributed by atoms with E-state index in [4.69, 9.17) is 11.6 Å². The highest BCUT2D eigenvalue weighted by molar-refractivity contribution is 6.30. The monoisotopic (exact) mass is 307 g/mol. The van der Waals surface area contributed by atoms with Crippen molar-refractivity contribution in [2.24, 2.45) is 0 Å². The number of carbonyl (C=O) groups excluding carboxylic acids is 2. The standard InChI is InChI=1S/C16H18ClNO3/c1-3-9-18-14(10-5-7-11(17)8-6-10)13(12(19)4-2)15(20)16(18)21/h5-8,14,20H,3-4,9H2,1-2H3. The van der Waals surface area contributed by atoms with E-state index in [0.717, 1.165) is 12.0 Å². The van der Waals surface area contributed by atoms with Crippen molar-refractivity contribution in [1.82, 2.24) is 4.90 Å². The van der Waals surface area contributed by atoms with Gasteiger partial charge in [0.1, 0.15) is 0 Å². The summed E-state index contributed by atoms with van der Waals surface area (Å²) in [7, 11) is 0. The Morgan fingerprint density at radius 2 is 1.90 bits per heavy atom. The number of aliphatic hydroxyl groups is 1. The SMILES string of the molecule is CCCN1C(=O)C(O)=C(C(=O)CC)C1c1ccc(Cl)cc1. The lowest BCUT2D eigenvalue weighted by atomic mass is 9.95. The van der Waals surface area contributed by atoms with E-state index in [1.165, 1.54) is 0 Å². The van der Waals surface area contributed by atoms with Crippen LogP contribution in [-0.2, 0) is 9.59 Å². The number of carbonyl (C=O) groups is 2. The lowest BCUT2D eigenvalue weighted by Crippen LogP contribution is -2.31. The highest BCUT2D eigenvalue weighted by Crippen LogP contribution is 2.38. The fraction of sp³-hybridized carbons (Fsp3) is 0.375. The summed E-state index contributed by atoms with van der Waals surface area (Å²) in [5.74, 6) is -1.11. The number of nitrogens with zero attached hydrogens (tertiary/aromatic N) is 1. The molecule has 1 aliphatic heterocycles. The van der Waals surface area contributed by atoms with Gasteiger partial charge < -0.3 is 10.0 Å². The Balaban J connectivity index is 2.51. The molecule has 112 valence electrons. The van der Waals surface area contributed by atoms with E-state index in [2.05, 4.69) is 0 Å². The molecule has 0 bridgehead atoms. The van der Waals surface area contributed by atoms with Gasteiger partial charge in [0.2, 0.25) is 0 Å². The van der Waals surface area contributed by atoms with Crippen molar-refractivity contribution in [2.75, 3.05) is 6.54 Å². The zero-order valence-electron chi connectivity index (χ0n) is 12.1. The van der Waals surface area contributed by atoms with Gasteiger partial charge in [-0.15, -0.1) is 0 Å². The molecule has 1 aromatic rings. The van der Waals surface area contributed by atoms with E-state index in [1.807, 2.05) is 6.92 Å². The van der Waals surface area contributed by atoms with Crippen LogP contribution in [0, 0.1) is 0 Å². The summed E-state index contributed by atoms with van der Waals surface area (Å²) in [6.45, 7) is 4.15. The third-order valence-corrected chi connectivity index (χ3v) is 3.83. The van der Waals surface area contributed by atoms with Gasteiger partial charge in [-0.1, -0.05) is 37.6 Å². The van der Waals surface area contributed by atoms with Crippen molar-refractivity contribution in [3.8, 4) is 0 Å². The van der Waals surface area contributed by atoms with E-state index in [0.29, 0.717) is 11.6 Å². The van der Waals surface area contributed by atoms with E-state index in [-0.39, 0.29) is 17.8 Å². The van der Waals surface area contributed by atoms with E-state index >= 15 is 0 Å². The Bertz CT molecular complexity index is 592. The predicted octanol–water partition coefficient (Wildman–Crippen LogP) is 3.42. The number of rotatable bonds is 5. The molecule has 4 nitrogen and oxygen atoms in total. The van der Waals surface area contributed by atoms with Crippen LogP contribution in [0.1, 0.15) is 38.3 Å². The number of benzene rings is 1. The second kappa shape index (κ2) is 6.31. The highest BCUT2D eigenvalue weighted by Gasteiger charge is 2.42. The maximum absolute atomic E-state index is 12.2. The third-order valence-electron chi connectivity index (χ3n) is 3.58. The average molecular weight is 308 g/mol. The Kier molecular flexibility index (Phi) is 4.68. The Hall–Kier alpha value is -1.81. The molecule has 0 aromatic heterocycles. The van der Waals surface area contributed by atoms with Crippen LogP contribution >= 0.6 is 11.6 Å². The van der Waals surface area contributed by atoms with Crippen LogP contribution in [0.4, 0.5) is 0 Å². The zero-order valence-corrected chi connectivity index (χ0v) is 12.9. The fourth-order valence-electron chi connectivity index (χ4n) is 2.59. The minimum atomic E-state index is -0.526. The van der Waals surface area contributed by atoms with Gasteiger partial charge in [0.15, 0.2) is 11.5 Å². The molecular weight excluding hydrogens is 290 g/mol. The number of halogens is 1. The van der Waals surface area contributed by atoms with Crippen LogP contribution in [0.25, 0.3) is 0 Å². The van der Waals surface area contributed by atoms with E-state index < -0.39 is 17.7 Å². The number of hydrogen-bond donors (Lipinski definition) is 1. The zero-order chi connectivity index (χ0) is 15.6. The van der Waals surface area contributed by atoms with Crippen molar-refractivity contribution < 1.29 is 14.7 Å². The van der Waals surface area contributed by atoms with Gasteiger partial charge in [-0.2, -0.15) is 0 Å². The van der Waals surface area contributed by atoms with Crippen LogP contribution in [0.2, 0.25) is 5.02 Å². The molecule has 0 saturated carbocycles. The fourth-order valence-corrected chi connectivity index (χ4v) is 2.72. The molecule has 0 spiro atoms. The first-order valence-electron chi connectivity index (χ1n) is 7.04. The number of Topliss-reactive ketones (excluding diaryl/α,β-unsaturated/α-hetero) is 1. The normalized spacial score (nSPS) is 18.5. The molecule has 1 unspecified atom stereocenters. The molecule has 1 heterocycles. The summed E-state index contributed by atoms with van der Waals surface area (Å²) in [5, 5.41) is 10.7. The van der Waals surface area contributed by atoms with Crippen molar-refractivity contribution in [3.05, 3.63) is 46.2 Å². The molecule has 5 heteroatoms. The van der Waals surface area contributed by atoms with Crippen molar-refractivity contribution in [1.29, 1.82) is 0 Å². The van der Waals surface area contributed by atoms with Crippen molar-refractivity contribution >= 4 is 23.3 Å². The van der Waals surface area contributed by atoms with Gasteiger partial charge in [0.25, 0.3) is 5.91 Å². The van der Waals surface area contributed by atoms with Crippen LogP contribution in [0.15, 0.2) is 35.6 Å². The highest BCUT2D eigenvalue weighted by atomic mass is 35.5. The van der Waals surface area contributed by atoms with E-state index in [1.54, 1.807) is 36.1 Å². The summed E-state index contributed by atoms with van der Waals surface area (Å²) >= 11 is 5.89. The smallest absolute Gasteiger partial charge is 0.290 e. The van der Waals surface area contributed by atoms with Gasteiger partial charge in [-0.3, -0.25) is 9.59 Å². The maximum atomic E-state index is 12.2. The average Bonchev–Trinajstić information content (AvgIpc) is 2.73. The molecule has 1 aromatic carbocycles. The molecule has 0 fully saturated rings. The number of hydrogen-bond acceptors (Lipinski definition) is 3. The lowest BCUT2D eigenvalue weighted by molar-refractivity contribution is -0.129. The maximum Gasteiger partial charge on any atom is 0.290 e. The van der Waals surface area contributed by atoms with Gasteiger partial charge in [-0.25, -0.2) is 0 Å². The van der Waals surface area contributed by atoms with Crippen molar-refractivity contribution in [2.45, 2.75) is 32.7 Å². The van der Waals surface area contributed by atoms with Gasteiger partial charge in [-0.05, 0) is 24.1 Å². The molecular formula is C16H18ClNO3. The first-order chi connectivity index (χ1) is 10.0. The second-order valence-electron chi connectivity index (χ2n) is 4.99. The van der Waals surface area contributed by atoms with Crippen LogP contribution < -0.4 is 0 Å². The molecule has 1 N–H and O–H groups in total. The minimum absolute atomic E-state index is 0.193. The molecule has 0 radical (unpaired) electrons. The molecule has 1 amide bonds. The molecule has 21 heavy (non-hydrogen) atoms. The largest absolute Gasteiger partial charge is 0.503 e. The second-order valence-corrected chi connectivity index (χ2v) is 5.43. The first kappa shape index (κ1) is 15.6. The summed E-state index contributed by atoms with van der Waals surface area (Å²) in [6, 6.07) is 6.47. The van der Waals surface area contributed by atoms with Gasteiger partial charge >= 0.3 is 0 Å². The molecule has 1 aliphatic rings. The lowest BCUT2D eigenvalue weighted by Gasteiger charge is -2.26. The minimum Gasteiger partial charge on any atom is -0.503 e. The summed E-state index contributed by atoms with van der Waals surface area (Å²) in [4.78, 5) is 25.9. The Morgan fingerprint density at radius 1 is 1.29 bits per heavy atom. The number of ketones is 1. The van der Waals surface area contributed by atoms with Gasteiger partial charge in [0, 0.05) is 18.0 Å². The van der Waals surface area contributed by atoms with Crippen LogP contribution in [0.3, 0.4) is 0 Å². The summed E-state index contributed by atoms with van der Waals surface area (Å²) in [5.41, 5.74) is 0.973. The predicted molar refractivity (Wildman–Crippen MR) is 81.1 cm³/mol. The van der Waals surface area contributed by atoms with Crippen LogP contribution in [-0.4, -0.2) is 28.2 Å². The molecule has 2 rings (SSSR count). The third kappa shape index (κ3) is 2.81. The molecule has 0 aliphatic carbocycles. The van der Waals surface area contributed by atoms with E-state index in [9.17, 15) is 14.7 Å². The number of amides is 1. The van der Waals surface area contributed by atoms with Crippen LogP contribution in [0.5, 0.6) is 0 Å². The summed E-state index contributed by atoms with van der Waals surface area (Å²) < 4.78 is 0. The van der Waals surface area contributed by atoms with Crippen molar-refractivity contribution in [3.63, 3.8) is 0 Å². The van der Waals surface area contributed by atoms with Gasteiger partial charge in [0.05, 0.1) is 11.6 Å². The first-order valence-corrected chi connectivity index (χ1v) is 7.41. The Morgan fingerprint density at radius 3 is 2.43 bits per heavy atom. The quantitative estimate of drug-likeness (QED) is 0.906. The Labute approximate surface area is 129 Å². The summed E-state index contributed by atoms with van der Waals surface area (Å²) in [6.07, 6.45) is 0.993. The molecule has 0 saturated heterocycles. The molecule has 1 atom stereocenters. The topological polar surface area (TPSA) is 57.6 Å². The number of aliphatic hydroxyl groups excluding tert-OH is 1.